The van der Waals surface area contributed by atoms with Crippen LogP contribution in [0, 0.1) is 0 Å². The first kappa shape index (κ1) is 8.30. The van der Waals surface area contributed by atoms with E-state index >= 15 is 0 Å². The van der Waals surface area contributed by atoms with Gasteiger partial charge in [-0.05, 0) is 6.07 Å². The minimum Gasteiger partial charge on any atom is -0.411 e. The summed E-state index contributed by atoms with van der Waals surface area (Å²) >= 11 is 11.2. The van der Waals surface area contributed by atoms with E-state index in [4.69, 9.17) is 28.4 Å². The Balaban J connectivity index is 3.09. The van der Waals surface area contributed by atoms with E-state index in [-0.39, 0.29) is 0 Å². The van der Waals surface area contributed by atoms with E-state index in [0.717, 1.165) is 0 Å². The third kappa shape index (κ3) is 2.06. The highest BCUT2D eigenvalue weighted by molar-refractivity contribution is 6.35. The zero-order valence-electron chi connectivity index (χ0n) is 5.33. The lowest BCUT2D eigenvalue weighted by atomic mass is 10.3. The number of pyridine rings is 1. The molecule has 1 rings (SSSR count). The molecule has 11 heavy (non-hydrogen) atoms. The van der Waals surface area contributed by atoms with Crippen LogP contribution in [0.5, 0.6) is 0 Å². The second-order valence-corrected chi connectivity index (χ2v) is 2.57. The zero-order valence-corrected chi connectivity index (χ0v) is 6.84. The fourth-order valence-corrected chi connectivity index (χ4v) is 0.990. The van der Waals surface area contributed by atoms with Gasteiger partial charge in [0.15, 0.2) is 0 Å². The molecule has 1 aromatic rings. The van der Waals surface area contributed by atoms with E-state index in [1.54, 1.807) is 0 Å². The van der Waals surface area contributed by atoms with Crippen LogP contribution in [0.4, 0.5) is 0 Å². The molecular weight excluding hydrogens is 187 g/mol. The van der Waals surface area contributed by atoms with Crippen molar-refractivity contribution in [3.8, 4) is 0 Å². The molecule has 0 aliphatic heterocycles. The maximum atomic E-state index is 8.16. The molecule has 5 heteroatoms. The predicted molar refractivity (Wildman–Crippen MR) is 43.6 cm³/mol. The normalized spacial score (nSPS) is 10.7. The highest BCUT2D eigenvalue weighted by atomic mass is 35.5. The Bertz CT molecular complexity index is 288. The average molecular weight is 191 g/mol. The maximum absolute atomic E-state index is 8.16. The quantitative estimate of drug-likeness (QED) is 0.320. The van der Waals surface area contributed by atoms with E-state index < -0.39 is 0 Å². The lowest BCUT2D eigenvalue weighted by Crippen LogP contribution is -1.85. The molecule has 0 saturated carbocycles. The summed E-state index contributed by atoms with van der Waals surface area (Å²) in [4.78, 5) is 3.74. The molecule has 0 aliphatic carbocycles. The molecule has 1 heterocycles. The summed E-state index contributed by atoms with van der Waals surface area (Å²) in [6.07, 6.45) is 2.61. The molecule has 0 fully saturated rings. The second-order valence-electron chi connectivity index (χ2n) is 1.77. The Morgan fingerprint density at radius 1 is 1.55 bits per heavy atom. The first-order chi connectivity index (χ1) is 5.24. The SMILES string of the molecule is O/N=C/c1cnc(Cl)cc1Cl. The van der Waals surface area contributed by atoms with Gasteiger partial charge in [-0.2, -0.15) is 0 Å². The van der Waals surface area contributed by atoms with Gasteiger partial charge in [0, 0.05) is 11.8 Å². The van der Waals surface area contributed by atoms with Gasteiger partial charge in [-0.3, -0.25) is 0 Å². The van der Waals surface area contributed by atoms with Crippen LogP contribution < -0.4 is 0 Å². The first-order valence-corrected chi connectivity index (χ1v) is 3.48. The molecule has 0 bridgehead atoms. The van der Waals surface area contributed by atoms with Crippen molar-refractivity contribution in [3.05, 3.63) is 28.0 Å². The number of nitrogens with zero attached hydrogens (tertiary/aromatic N) is 2. The van der Waals surface area contributed by atoms with Crippen LogP contribution in [0.3, 0.4) is 0 Å². The van der Waals surface area contributed by atoms with Gasteiger partial charge >= 0.3 is 0 Å². The molecule has 0 aromatic carbocycles. The van der Waals surface area contributed by atoms with E-state index in [2.05, 4.69) is 10.1 Å². The van der Waals surface area contributed by atoms with E-state index in [0.29, 0.717) is 15.7 Å². The van der Waals surface area contributed by atoms with E-state index in [1.807, 2.05) is 0 Å². The topological polar surface area (TPSA) is 45.5 Å². The van der Waals surface area contributed by atoms with Crippen LogP contribution in [0.15, 0.2) is 17.4 Å². The van der Waals surface area contributed by atoms with E-state index in [1.165, 1.54) is 18.5 Å². The van der Waals surface area contributed by atoms with Gasteiger partial charge in [-0.15, -0.1) is 0 Å². The third-order valence-electron chi connectivity index (χ3n) is 1.05. The molecule has 1 N–H and O–H groups in total. The molecule has 0 saturated heterocycles. The highest BCUT2D eigenvalue weighted by Crippen LogP contribution is 2.16. The predicted octanol–water partition coefficient (Wildman–Crippen LogP) is 2.20. The van der Waals surface area contributed by atoms with Gasteiger partial charge in [0.2, 0.25) is 0 Å². The van der Waals surface area contributed by atoms with Crippen LogP contribution >= 0.6 is 23.2 Å². The lowest BCUT2D eigenvalue weighted by Gasteiger charge is -1.94. The van der Waals surface area contributed by atoms with Gasteiger partial charge in [-0.25, -0.2) is 4.98 Å². The highest BCUT2D eigenvalue weighted by Gasteiger charge is 1.98. The van der Waals surface area contributed by atoms with Crippen LogP contribution in [0.1, 0.15) is 5.56 Å². The molecule has 0 atom stereocenters. The van der Waals surface area contributed by atoms with Crippen molar-refractivity contribution in [2.45, 2.75) is 0 Å². The summed E-state index contributed by atoms with van der Waals surface area (Å²) in [5.41, 5.74) is 0.526. The van der Waals surface area contributed by atoms with Crippen molar-refractivity contribution in [1.82, 2.24) is 4.98 Å². The number of rotatable bonds is 1. The summed E-state index contributed by atoms with van der Waals surface area (Å²) in [5.74, 6) is 0. The molecule has 3 nitrogen and oxygen atoms in total. The maximum Gasteiger partial charge on any atom is 0.130 e. The number of hydrogen-bond donors (Lipinski definition) is 1. The average Bonchev–Trinajstić information content (AvgIpc) is 1.95. The van der Waals surface area contributed by atoms with Crippen molar-refractivity contribution in [2.75, 3.05) is 0 Å². The molecule has 0 unspecified atom stereocenters. The van der Waals surface area contributed by atoms with Crippen molar-refractivity contribution >= 4 is 29.4 Å². The number of halogens is 2. The van der Waals surface area contributed by atoms with Crippen LogP contribution in [-0.2, 0) is 0 Å². The summed E-state index contributed by atoms with van der Waals surface area (Å²) in [5, 5.41) is 11.7. The molecule has 0 amide bonds. The van der Waals surface area contributed by atoms with Crippen LogP contribution in [0.25, 0.3) is 0 Å². The van der Waals surface area contributed by atoms with Crippen molar-refractivity contribution in [1.29, 1.82) is 0 Å². The molecule has 1 aromatic heterocycles. The molecule has 0 spiro atoms. The Morgan fingerprint density at radius 3 is 2.82 bits per heavy atom. The minimum absolute atomic E-state index is 0.310. The monoisotopic (exact) mass is 190 g/mol. The number of oxime groups is 1. The third-order valence-corrected chi connectivity index (χ3v) is 1.58. The smallest absolute Gasteiger partial charge is 0.130 e. The zero-order chi connectivity index (χ0) is 8.27. The molecule has 0 aliphatic rings. The number of hydrogen-bond acceptors (Lipinski definition) is 3. The summed E-state index contributed by atoms with van der Waals surface area (Å²) < 4.78 is 0. The van der Waals surface area contributed by atoms with Crippen LogP contribution in [-0.4, -0.2) is 16.4 Å². The van der Waals surface area contributed by atoms with E-state index in [9.17, 15) is 0 Å². The van der Waals surface area contributed by atoms with Crippen molar-refractivity contribution in [3.63, 3.8) is 0 Å². The molecule has 0 radical (unpaired) electrons. The van der Waals surface area contributed by atoms with Gasteiger partial charge < -0.3 is 5.21 Å². The Labute approximate surface area is 73.3 Å². The minimum atomic E-state index is 0.310. The summed E-state index contributed by atoms with van der Waals surface area (Å²) in [6, 6.07) is 1.47. The fourth-order valence-electron chi connectivity index (χ4n) is 0.575. The molecule has 58 valence electrons. The van der Waals surface area contributed by atoms with Gasteiger partial charge in [0.05, 0.1) is 11.2 Å². The second kappa shape index (κ2) is 3.55. The van der Waals surface area contributed by atoms with Crippen molar-refractivity contribution in [2.24, 2.45) is 5.16 Å². The standard InChI is InChI=1S/C6H4Cl2N2O/c7-5-1-6(8)9-2-4(5)3-10-11/h1-3,11H/b10-3+. The van der Waals surface area contributed by atoms with Gasteiger partial charge in [0.25, 0.3) is 0 Å². The summed E-state index contributed by atoms with van der Waals surface area (Å²) in [6.45, 7) is 0. The van der Waals surface area contributed by atoms with Gasteiger partial charge in [0.1, 0.15) is 5.15 Å². The number of aromatic nitrogens is 1. The van der Waals surface area contributed by atoms with Gasteiger partial charge in [-0.1, -0.05) is 28.4 Å². The first-order valence-electron chi connectivity index (χ1n) is 2.72. The lowest BCUT2D eigenvalue weighted by molar-refractivity contribution is 0.322. The largest absolute Gasteiger partial charge is 0.411 e. The Hall–Kier alpha value is -0.800. The fraction of sp³-hybridized carbons (Fsp3) is 0. The summed E-state index contributed by atoms with van der Waals surface area (Å²) in [7, 11) is 0. The van der Waals surface area contributed by atoms with Crippen LogP contribution in [0.2, 0.25) is 10.2 Å². The Morgan fingerprint density at radius 2 is 2.27 bits per heavy atom. The Kier molecular flexibility index (Phi) is 2.68. The van der Waals surface area contributed by atoms with Crippen molar-refractivity contribution < 1.29 is 5.21 Å². The molecular formula is C6H4Cl2N2O.